The number of ether oxygens (including phenoxy) is 1. The number of amides is 2. The fourth-order valence-electron chi connectivity index (χ4n) is 3.41. The van der Waals surface area contributed by atoms with E-state index in [0.717, 1.165) is 30.9 Å². The van der Waals surface area contributed by atoms with Gasteiger partial charge < -0.3 is 15.4 Å². The first-order valence-electron chi connectivity index (χ1n) is 9.37. The van der Waals surface area contributed by atoms with Gasteiger partial charge in [-0.2, -0.15) is 11.8 Å². The quantitative estimate of drug-likeness (QED) is 0.830. The molecular formula is C21H23N3O3S. The number of thioether (sulfide) groups is 1. The van der Waals surface area contributed by atoms with Crippen LogP contribution in [0.2, 0.25) is 0 Å². The Morgan fingerprint density at radius 1 is 1.25 bits per heavy atom. The highest BCUT2D eigenvalue weighted by Crippen LogP contribution is 2.29. The number of nitrogens with one attached hydrogen (secondary N) is 2. The second kappa shape index (κ2) is 8.24. The lowest BCUT2D eigenvalue weighted by atomic mass is 10.1. The lowest BCUT2D eigenvalue weighted by Gasteiger charge is -2.27. The maximum atomic E-state index is 12.8. The van der Waals surface area contributed by atoms with E-state index in [1.807, 2.05) is 30.8 Å². The molecule has 4 rings (SSSR count). The Hall–Kier alpha value is -2.51. The Balaban J connectivity index is 1.49. The predicted molar refractivity (Wildman–Crippen MR) is 112 cm³/mol. The van der Waals surface area contributed by atoms with Gasteiger partial charge in [-0.15, -0.1) is 0 Å². The van der Waals surface area contributed by atoms with Gasteiger partial charge in [-0.25, -0.2) is 0 Å². The van der Waals surface area contributed by atoms with E-state index in [1.54, 1.807) is 18.2 Å². The van der Waals surface area contributed by atoms with E-state index < -0.39 is 0 Å². The molecule has 2 aliphatic rings. The summed E-state index contributed by atoms with van der Waals surface area (Å²) in [7, 11) is 0. The molecule has 2 aromatic carbocycles. The highest BCUT2D eigenvalue weighted by molar-refractivity contribution is 7.99. The Labute approximate surface area is 168 Å². The molecule has 1 fully saturated rings. The van der Waals surface area contributed by atoms with Crippen molar-refractivity contribution in [1.29, 1.82) is 0 Å². The minimum absolute atomic E-state index is 0.000233. The molecule has 0 radical (unpaired) electrons. The molecule has 28 heavy (non-hydrogen) atoms. The number of hydrogen-bond donors (Lipinski definition) is 2. The van der Waals surface area contributed by atoms with Crippen molar-refractivity contribution in [3.63, 3.8) is 0 Å². The zero-order chi connectivity index (χ0) is 19.5. The summed E-state index contributed by atoms with van der Waals surface area (Å²) in [5.74, 6) is 2.50. The molecule has 2 amide bonds. The number of benzene rings is 2. The highest BCUT2D eigenvalue weighted by atomic mass is 32.2. The van der Waals surface area contributed by atoms with Crippen LogP contribution in [0.25, 0.3) is 0 Å². The summed E-state index contributed by atoms with van der Waals surface area (Å²) < 4.78 is 5.35. The summed E-state index contributed by atoms with van der Waals surface area (Å²) in [4.78, 5) is 26.7. The topological polar surface area (TPSA) is 70.7 Å². The monoisotopic (exact) mass is 397 g/mol. The number of carbonyl (C=O) groups is 2. The van der Waals surface area contributed by atoms with E-state index in [2.05, 4.69) is 21.6 Å². The molecule has 0 saturated carbocycles. The Kier molecular flexibility index (Phi) is 5.54. The van der Waals surface area contributed by atoms with E-state index >= 15 is 0 Å². The first-order chi connectivity index (χ1) is 13.6. The first-order valence-corrected chi connectivity index (χ1v) is 10.5. The standard InChI is InChI=1S/C21H23N3O3S/c1-14-16(12-24-7-9-28-10-8-24)3-2-4-17(14)23-21(26)15-5-6-19-18(11-15)22-20(25)13-27-19/h2-6,11H,7-10,12-13H2,1H3,(H,22,25)(H,23,26). The molecule has 2 aliphatic heterocycles. The van der Waals surface area contributed by atoms with Crippen LogP contribution in [0, 0.1) is 6.92 Å². The number of fused-ring (bicyclic) bond motifs is 1. The summed E-state index contributed by atoms with van der Waals surface area (Å²) in [6, 6.07) is 11.1. The Morgan fingerprint density at radius 3 is 2.89 bits per heavy atom. The Bertz CT molecular complexity index is 910. The molecule has 0 unspecified atom stereocenters. The first kappa shape index (κ1) is 18.8. The molecule has 0 bridgehead atoms. The number of nitrogens with zero attached hydrogens (tertiary/aromatic N) is 1. The Morgan fingerprint density at radius 2 is 2.07 bits per heavy atom. The van der Waals surface area contributed by atoms with Gasteiger partial charge in [-0.05, 0) is 42.3 Å². The molecular weight excluding hydrogens is 374 g/mol. The van der Waals surface area contributed by atoms with Gasteiger partial charge in [0.1, 0.15) is 5.75 Å². The van der Waals surface area contributed by atoms with Crippen LogP contribution in [-0.2, 0) is 11.3 Å². The average Bonchev–Trinajstić information content (AvgIpc) is 2.71. The van der Waals surface area contributed by atoms with Crippen molar-refractivity contribution in [2.24, 2.45) is 0 Å². The predicted octanol–water partition coefficient (Wildman–Crippen LogP) is 3.13. The summed E-state index contributed by atoms with van der Waals surface area (Å²) >= 11 is 2.00. The van der Waals surface area contributed by atoms with Crippen molar-refractivity contribution in [2.45, 2.75) is 13.5 Å². The molecule has 1 saturated heterocycles. The largest absolute Gasteiger partial charge is 0.482 e. The summed E-state index contributed by atoms with van der Waals surface area (Å²) in [5, 5.41) is 5.74. The third kappa shape index (κ3) is 4.15. The average molecular weight is 398 g/mol. The SMILES string of the molecule is Cc1c(CN2CCSCC2)cccc1NC(=O)c1ccc2c(c1)NC(=O)CO2. The molecule has 146 valence electrons. The molecule has 0 aliphatic carbocycles. The van der Waals surface area contributed by atoms with Crippen LogP contribution in [-0.4, -0.2) is 47.9 Å². The van der Waals surface area contributed by atoms with E-state index in [4.69, 9.17) is 4.74 Å². The minimum Gasteiger partial charge on any atom is -0.482 e. The fourth-order valence-corrected chi connectivity index (χ4v) is 4.39. The maximum Gasteiger partial charge on any atom is 0.262 e. The molecule has 2 N–H and O–H groups in total. The van der Waals surface area contributed by atoms with Crippen LogP contribution in [0.5, 0.6) is 5.75 Å². The molecule has 0 spiro atoms. The van der Waals surface area contributed by atoms with Gasteiger partial charge in [0.2, 0.25) is 0 Å². The number of rotatable bonds is 4. The van der Waals surface area contributed by atoms with Gasteiger partial charge >= 0.3 is 0 Å². The van der Waals surface area contributed by atoms with Crippen LogP contribution in [0.3, 0.4) is 0 Å². The molecule has 2 heterocycles. The summed E-state index contributed by atoms with van der Waals surface area (Å²) in [6.45, 7) is 5.15. The summed E-state index contributed by atoms with van der Waals surface area (Å²) in [5.41, 5.74) is 4.13. The van der Waals surface area contributed by atoms with Crippen molar-refractivity contribution >= 4 is 35.0 Å². The molecule has 6 nitrogen and oxygen atoms in total. The number of carbonyl (C=O) groups excluding carboxylic acids is 2. The van der Waals surface area contributed by atoms with E-state index in [1.165, 1.54) is 17.1 Å². The van der Waals surface area contributed by atoms with Gasteiger partial charge in [-0.1, -0.05) is 12.1 Å². The van der Waals surface area contributed by atoms with E-state index in [9.17, 15) is 9.59 Å². The van der Waals surface area contributed by atoms with Crippen molar-refractivity contribution in [1.82, 2.24) is 4.90 Å². The number of hydrogen-bond acceptors (Lipinski definition) is 5. The van der Waals surface area contributed by atoms with Gasteiger partial charge in [0.25, 0.3) is 11.8 Å². The summed E-state index contributed by atoms with van der Waals surface area (Å²) in [6.07, 6.45) is 0. The smallest absolute Gasteiger partial charge is 0.262 e. The minimum atomic E-state index is -0.218. The van der Waals surface area contributed by atoms with Crippen LogP contribution in [0.4, 0.5) is 11.4 Å². The van der Waals surface area contributed by atoms with Gasteiger partial charge in [0, 0.05) is 42.4 Å². The van der Waals surface area contributed by atoms with Gasteiger partial charge in [0.15, 0.2) is 6.61 Å². The van der Waals surface area contributed by atoms with Crippen molar-refractivity contribution in [3.8, 4) is 5.75 Å². The zero-order valence-corrected chi connectivity index (χ0v) is 16.6. The van der Waals surface area contributed by atoms with Crippen molar-refractivity contribution < 1.29 is 14.3 Å². The second-order valence-electron chi connectivity index (χ2n) is 6.98. The van der Waals surface area contributed by atoms with E-state index in [-0.39, 0.29) is 18.4 Å². The lowest BCUT2D eigenvalue weighted by Crippen LogP contribution is -2.32. The molecule has 0 aromatic heterocycles. The lowest BCUT2D eigenvalue weighted by molar-refractivity contribution is -0.118. The van der Waals surface area contributed by atoms with Crippen LogP contribution < -0.4 is 15.4 Å². The zero-order valence-electron chi connectivity index (χ0n) is 15.8. The van der Waals surface area contributed by atoms with Gasteiger partial charge in [-0.3, -0.25) is 14.5 Å². The van der Waals surface area contributed by atoms with Gasteiger partial charge in [0.05, 0.1) is 5.69 Å². The third-order valence-corrected chi connectivity index (χ3v) is 6.01. The van der Waals surface area contributed by atoms with Crippen molar-refractivity contribution in [2.75, 3.05) is 41.8 Å². The molecule has 0 atom stereocenters. The third-order valence-electron chi connectivity index (χ3n) is 5.07. The van der Waals surface area contributed by atoms with Crippen LogP contribution in [0.1, 0.15) is 21.5 Å². The van der Waals surface area contributed by atoms with E-state index in [0.29, 0.717) is 17.0 Å². The highest BCUT2D eigenvalue weighted by Gasteiger charge is 2.19. The molecule has 7 heteroatoms. The van der Waals surface area contributed by atoms with Crippen LogP contribution in [0.15, 0.2) is 36.4 Å². The molecule has 2 aromatic rings. The maximum absolute atomic E-state index is 12.8. The number of anilines is 2. The van der Waals surface area contributed by atoms with Crippen LogP contribution >= 0.6 is 11.8 Å². The normalized spacial score (nSPS) is 16.7. The second-order valence-corrected chi connectivity index (χ2v) is 8.20. The fraction of sp³-hybridized carbons (Fsp3) is 0.333. The van der Waals surface area contributed by atoms with Crippen molar-refractivity contribution in [3.05, 3.63) is 53.1 Å².